The molecule has 1 rings (SSSR count). The van der Waals surface area contributed by atoms with Gasteiger partial charge in [0, 0.05) is 25.8 Å². The van der Waals surface area contributed by atoms with Crippen molar-refractivity contribution in [3.8, 4) is 0 Å². The minimum atomic E-state index is -0.387. The van der Waals surface area contributed by atoms with E-state index in [1.807, 2.05) is 7.05 Å². The predicted octanol–water partition coefficient (Wildman–Crippen LogP) is 0.885. The van der Waals surface area contributed by atoms with E-state index in [4.69, 9.17) is 9.47 Å². The Bertz CT molecular complexity index is 172. The van der Waals surface area contributed by atoms with E-state index in [0.29, 0.717) is 19.2 Å². The fraction of sp³-hybridized carbons (Fsp3) is 1.00. The summed E-state index contributed by atoms with van der Waals surface area (Å²) >= 11 is 0. The Morgan fingerprint density at radius 3 is 3.00 bits per heavy atom. The number of hydrogen-bond donors (Lipinski definition) is 1. The largest absolute Gasteiger partial charge is 0.389 e. The average molecular weight is 231 g/mol. The SMILES string of the molecule is CCCCOCC(O)CN(C)C1CCOC1. The molecule has 2 unspecified atom stereocenters. The third-order valence-electron chi connectivity index (χ3n) is 2.98. The third kappa shape index (κ3) is 5.25. The zero-order valence-electron chi connectivity index (χ0n) is 10.5. The molecular weight excluding hydrogens is 206 g/mol. The molecule has 1 aliphatic heterocycles. The molecule has 4 heteroatoms. The Labute approximate surface area is 98.5 Å². The van der Waals surface area contributed by atoms with Gasteiger partial charge in [-0.05, 0) is 19.9 Å². The quantitative estimate of drug-likeness (QED) is 0.630. The van der Waals surface area contributed by atoms with E-state index in [9.17, 15) is 5.11 Å². The Balaban J connectivity index is 2.05. The molecular formula is C12H25NO3. The molecule has 1 fully saturated rings. The number of aliphatic hydroxyl groups excluding tert-OH is 1. The molecule has 0 amide bonds. The highest BCUT2D eigenvalue weighted by Gasteiger charge is 2.21. The lowest BCUT2D eigenvalue weighted by atomic mass is 10.2. The molecule has 1 heterocycles. The normalized spacial score (nSPS) is 22.9. The monoisotopic (exact) mass is 231 g/mol. The van der Waals surface area contributed by atoms with Crippen molar-refractivity contribution in [3.63, 3.8) is 0 Å². The number of likely N-dealkylation sites (N-methyl/N-ethyl adjacent to an activating group) is 1. The summed E-state index contributed by atoms with van der Waals surface area (Å²) in [5.74, 6) is 0. The maximum Gasteiger partial charge on any atom is 0.0900 e. The van der Waals surface area contributed by atoms with Gasteiger partial charge < -0.3 is 14.6 Å². The van der Waals surface area contributed by atoms with Crippen LogP contribution in [0, 0.1) is 0 Å². The van der Waals surface area contributed by atoms with Gasteiger partial charge >= 0.3 is 0 Å². The molecule has 2 atom stereocenters. The fourth-order valence-corrected chi connectivity index (χ4v) is 1.87. The fourth-order valence-electron chi connectivity index (χ4n) is 1.87. The highest BCUT2D eigenvalue weighted by Crippen LogP contribution is 2.10. The predicted molar refractivity (Wildman–Crippen MR) is 63.6 cm³/mol. The second-order valence-corrected chi connectivity index (χ2v) is 4.54. The van der Waals surface area contributed by atoms with E-state index in [0.717, 1.165) is 39.1 Å². The van der Waals surface area contributed by atoms with Gasteiger partial charge in [-0.25, -0.2) is 0 Å². The van der Waals surface area contributed by atoms with Gasteiger partial charge in [-0.3, -0.25) is 4.90 Å². The van der Waals surface area contributed by atoms with Crippen LogP contribution in [0.4, 0.5) is 0 Å². The van der Waals surface area contributed by atoms with Crippen LogP contribution in [-0.2, 0) is 9.47 Å². The van der Waals surface area contributed by atoms with Gasteiger partial charge in [0.05, 0.1) is 19.3 Å². The third-order valence-corrected chi connectivity index (χ3v) is 2.98. The number of unbranched alkanes of at least 4 members (excludes halogenated alkanes) is 1. The molecule has 0 aliphatic carbocycles. The summed E-state index contributed by atoms with van der Waals surface area (Å²) in [5.41, 5.74) is 0. The number of rotatable bonds is 8. The van der Waals surface area contributed by atoms with Crippen molar-refractivity contribution in [2.45, 2.75) is 38.3 Å². The van der Waals surface area contributed by atoms with Crippen LogP contribution in [0.3, 0.4) is 0 Å². The second kappa shape index (κ2) is 8.01. The van der Waals surface area contributed by atoms with Crippen LogP contribution in [-0.4, -0.2) is 62.2 Å². The maximum atomic E-state index is 9.77. The summed E-state index contributed by atoms with van der Waals surface area (Å²) in [4.78, 5) is 2.17. The summed E-state index contributed by atoms with van der Waals surface area (Å²) in [7, 11) is 2.04. The number of aliphatic hydroxyl groups is 1. The van der Waals surface area contributed by atoms with Gasteiger partial charge in [-0.15, -0.1) is 0 Å². The van der Waals surface area contributed by atoms with Gasteiger partial charge in [-0.2, -0.15) is 0 Å². The van der Waals surface area contributed by atoms with Gasteiger partial charge in [-0.1, -0.05) is 13.3 Å². The Morgan fingerprint density at radius 2 is 2.38 bits per heavy atom. The van der Waals surface area contributed by atoms with Crippen molar-refractivity contribution in [3.05, 3.63) is 0 Å². The zero-order valence-corrected chi connectivity index (χ0v) is 10.5. The van der Waals surface area contributed by atoms with Crippen molar-refractivity contribution >= 4 is 0 Å². The molecule has 96 valence electrons. The van der Waals surface area contributed by atoms with Crippen LogP contribution in [0.15, 0.2) is 0 Å². The van der Waals surface area contributed by atoms with E-state index in [-0.39, 0.29) is 6.10 Å². The van der Waals surface area contributed by atoms with Crippen LogP contribution in [0.25, 0.3) is 0 Å². The molecule has 1 saturated heterocycles. The molecule has 0 spiro atoms. The Morgan fingerprint density at radius 1 is 1.56 bits per heavy atom. The van der Waals surface area contributed by atoms with Crippen LogP contribution in [0.2, 0.25) is 0 Å². The van der Waals surface area contributed by atoms with Crippen LogP contribution in [0.1, 0.15) is 26.2 Å². The van der Waals surface area contributed by atoms with E-state index >= 15 is 0 Å². The number of ether oxygens (including phenoxy) is 2. The van der Waals surface area contributed by atoms with Crippen molar-refractivity contribution in [1.29, 1.82) is 0 Å². The molecule has 0 aromatic carbocycles. The first kappa shape index (κ1) is 13.9. The van der Waals surface area contributed by atoms with Crippen molar-refractivity contribution in [1.82, 2.24) is 4.90 Å². The first-order chi connectivity index (χ1) is 7.74. The van der Waals surface area contributed by atoms with Gasteiger partial charge in [0.1, 0.15) is 0 Å². The highest BCUT2D eigenvalue weighted by atomic mass is 16.5. The lowest BCUT2D eigenvalue weighted by molar-refractivity contribution is 0.0125. The topological polar surface area (TPSA) is 41.9 Å². The number of hydrogen-bond acceptors (Lipinski definition) is 4. The van der Waals surface area contributed by atoms with Gasteiger partial charge in [0.2, 0.25) is 0 Å². The van der Waals surface area contributed by atoms with Crippen molar-refractivity contribution in [2.75, 3.05) is 40.0 Å². The van der Waals surface area contributed by atoms with E-state index < -0.39 is 0 Å². The van der Waals surface area contributed by atoms with E-state index in [2.05, 4.69) is 11.8 Å². The van der Waals surface area contributed by atoms with Crippen LogP contribution in [0.5, 0.6) is 0 Å². The molecule has 0 bridgehead atoms. The average Bonchev–Trinajstić information content (AvgIpc) is 2.77. The molecule has 0 aromatic heterocycles. The molecule has 0 aromatic rings. The van der Waals surface area contributed by atoms with Gasteiger partial charge in [0.25, 0.3) is 0 Å². The molecule has 4 nitrogen and oxygen atoms in total. The summed E-state index contributed by atoms with van der Waals surface area (Å²) in [6.07, 6.45) is 2.89. The van der Waals surface area contributed by atoms with Crippen LogP contribution < -0.4 is 0 Å². The second-order valence-electron chi connectivity index (χ2n) is 4.54. The Kier molecular flexibility index (Phi) is 6.96. The molecule has 16 heavy (non-hydrogen) atoms. The summed E-state index contributed by atoms with van der Waals surface area (Å²) in [5, 5.41) is 9.77. The number of nitrogens with zero attached hydrogens (tertiary/aromatic N) is 1. The van der Waals surface area contributed by atoms with Crippen molar-refractivity contribution in [2.24, 2.45) is 0 Å². The van der Waals surface area contributed by atoms with Crippen LogP contribution >= 0.6 is 0 Å². The lowest BCUT2D eigenvalue weighted by Crippen LogP contribution is -2.39. The first-order valence-electron chi connectivity index (χ1n) is 6.27. The molecule has 1 N–H and O–H groups in total. The maximum absolute atomic E-state index is 9.77. The standard InChI is InChI=1S/C12H25NO3/c1-3-4-6-15-10-12(14)8-13(2)11-5-7-16-9-11/h11-12,14H,3-10H2,1-2H3. The van der Waals surface area contributed by atoms with Crippen molar-refractivity contribution < 1.29 is 14.6 Å². The molecule has 0 saturated carbocycles. The summed E-state index contributed by atoms with van der Waals surface area (Å²) in [6, 6.07) is 0.463. The zero-order chi connectivity index (χ0) is 11.8. The molecule has 0 radical (unpaired) electrons. The molecule has 1 aliphatic rings. The van der Waals surface area contributed by atoms with Gasteiger partial charge in [0.15, 0.2) is 0 Å². The van der Waals surface area contributed by atoms with E-state index in [1.165, 1.54) is 0 Å². The minimum Gasteiger partial charge on any atom is -0.389 e. The summed E-state index contributed by atoms with van der Waals surface area (Å²) < 4.78 is 10.7. The first-order valence-corrected chi connectivity index (χ1v) is 6.27. The van der Waals surface area contributed by atoms with E-state index in [1.54, 1.807) is 0 Å². The minimum absolute atomic E-state index is 0.387. The smallest absolute Gasteiger partial charge is 0.0900 e. The summed E-state index contributed by atoms with van der Waals surface area (Å²) in [6.45, 7) is 5.63. The lowest BCUT2D eigenvalue weighted by Gasteiger charge is -2.25. The highest BCUT2D eigenvalue weighted by molar-refractivity contribution is 4.74. The Hall–Kier alpha value is -0.160.